The first-order valence-electron chi connectivity index (χ1n) is 9.09. The molecular weight excluding hydrogens is 300 g/mol. The van der Waals surface area contributed by atoms with Crippen molar-refractivity contribution in [3.05, 3.63) is 36.1 Å². The summed E-state index contributed by atoms with van der Waals surface area (Å²) in [6, 6.07) is 10.1. The largest absolute Gasteiger partial charge is 0.459 e. The zero-order chi connectivity index (χ0) is 17.1. The molecule has 1 fully saturated rings. The first-order chi connectivity index (χ1) is 11.5. The molecule has 130 valence electrons. The van der Waals surface area contributed by atoms with E-state index in [0.717, 1.165) is 23.2 Å². The Labute approximate surface area is 144 Å². The summed E-state index contributed by atoms with van der Waals surface area (Å²) >= 11 is 0. The van der Waals surface area contributed by atoms with Gasteiger partial charge in [0.15, 0.2) is 0 Å². The second-order valence-corrected chi connectivity index (χ2v) is 7.17. The van der Waals surface area contributed by atoms with Crippen LogP contribution in [0.25, 0.3) is 11.0 Å². The van der Waals surface area contributed by atoms with Crippen molar-refractivity contribution in [2.75, 3.05) is 0 Å². The molecule has 24 heavy (non-hydrogen) atoms. The Kier molecular flexibility index (Phi) is 5.24. The Morgan fingerprint density at radius 1 is 1.21 bits per heavy atom. The molecule has 0 bridgehead atoms. The molecule has 4 atom stereocenters. The van der Waals surface area contributed by atoms with Gasteiger partial charge in [-0.25, -0.2) is 0 Å². The zero-order valence-electron chi connectivity index (χ0n) is 14.8. The highest BCUT2D eigenvalue weighted by Gasteiger charge is 2.25. The van der Waals surface area contributed by atoms with Gasteiger partial charge in [-0.15, -0.1) is 0 Å². The maximum absolute atomic E-state index is 12.5. The average molecular weight is 328 g/mol. The van der Waals surface area contributed by atoms with Crippen LogP contribution in [0.1, 0.15) is 58.3 Å². The van der Waals surface area contributed by atoms with E-state index >= 15 is 0 Å². The lowest BCUT2D eigenvalue weighted by atomic mass is 9.86. The summed E-state index contributed by atoms with van der Waals surface area (Å²) in [6.07, 6.45) is 4.80. The van der Waals surface area contributed by atoms with E-state index in [9.17, 15) is 4.79 Å². The van der Waals surface area contributed by atoms with Crippen LogP contribution < -0.4 is 10.6 Å². The SMILES string of the molecule is CC(NC(C)c1cc2ccccc2o1)C(=O)NC1CCCCC1C. The number of rotatable bonds is 5. The Hall–Kier alpha value is -1.81. The van der Waals surface area contributed by atoms with Crippen molar-refractivity contribution >= 4 is 16.9 Å². The van der Waals surface area contributed by atoms with Gasteiger partial charge in [0, 0.05) is 11.4 Å². The summed E-state index contributed by atoms with van der Waals surface area (Å²) in [6.45, 7) is 6.19. The highest BCUT2D eigenvalue weighted by molar-refractivity contribution is 5.82. The molecule has 0 aliphatic heterocycles. The molecule has 4 unspecified atom stereocenters. The van der Waals surface area contributed by atoms with Gasteiger partial charge in [0.1, 0.15) is 11.3 Å². The lowest BCUT2D eigenvalue weighted by molar-refractivity contribution is -0.124. The number of nitrogens with one attached hydrogen (secondary N) is 2. The van der Waals surface area contributed by atoms with Crippen molar-refractivity contribution in [2.24, 2.45) is 5.92 Å². The maximum Gasteiger partial charge on any atom is 0.237 e. The van der Waals surface area contributed by atoms with Gasteiger partial charge in [-0.05, 0) is 44.7 Å². The lowest BCUT2D eigenvalue weighted by Crippen LogP contribution is -2.49. The van der Waals surface area contributed by atoms with Gasteiger partial charge >= 0.3 is 0 Å². The van der Waals surface area contributed by atoms with Crippen LogP contribution >= 0.6 is 0 Å². The van der Waals surface area contributed by atoms with Crippen LogP contribution in [0.15, 0.2) is 34.7 Å². The fourth-order valence-electron chi connectivity index (χ4n) is 3.59. The number of benzene rings is 1. The number of fused-ring (bicyclic) bond motifs is 1. The first kappa shape index (κ1) is 17.0. The molecule has 1 aromatic carbocycles. The van der Waals surface area contributed by atoms with E-state index in [1.165, 1.54) is 19.3 Å². The molecule has 1 aliphatic rings. The molecule has 1 aliphatic carbocycles. The summed E-state index contributed by atoms with van der Waals surface area (Å²) in [7, 11) is 0. The van der Waals surface area contributed by atoms with Crippen molar-refractivity contribution in [1.29, 1.82) is 0 Å². The Morgan fingerprint density at radius 2 is 1.96 bits per heavy atom. The van der Waals surface area contributed by atoms with Gasteiger partial charge in [-0.2, -0.15) is 0 Å². The molecule has 2 N–H and O–H groups in total. The standard InChI is InChI=1S/C20H28N2O2/c1-13-8-4-6-10-17(13)22-20(23)15(3)21-14(2)19-12-16-9-5-7-11-18(16)24-19/h5,7,9,11-15,17,21H,4,6,8,10H2,1-3H3,(H,22,23). The molecule has 0 saturated heterocycles. The predicted molar refractivity (Wildman–Crippen MR) is 96.8 cm³/mol. The fraction of sp³-hybridized carbons (Fsp3) is 0.550. The number of hydrogen-bond acceptors (Lipinski definition) is 3. The van der Waals surface area contributed by atoms with E-state index in [-0.39, 0.29) is 18.0 Å². The number of carbonyl (C=O) groups excluding carboxylic acids is 1. The third-order valence-corrected chi connectivity index (χ3v) is 5.20. The summed E-state index contributed by atoms with van der Waals surface area (Å²) in [4.78, 5) is 12.5. The van der Waals surface area contributed by atoms with Crippen LogP contribution in [0.3, 0.4) is 0 Å². The Morgan fingerprint density at radius 3 is 2.71 bits per heavy atom. The molecule has 1 amide bonds. The molecule has 1 heterocycles. The van der Waals surface area contributed by atoms with Gasteiger partial charge in [-0.3, -0.25) is 10.1 Å². The van der Waals surface area contributed by atoms with Gasteiger partial charge in [-0.1, -0.05) is 38.0 Å². The second-order valence-electron chi connectivity index (χ2n) is 7.17. The predicted octanol–water partition coefficient (Wildman–Crippen LogP) is 4.17. The highest BCUT2D eigenvalue weighted by atomic mass is 16.3. The van der Waals surface area contributed by atoms with E-state index in [0.29, 0.717) is 12.0 Å². The van der Waals surface area contributed by atoms with Crippen LogP contribution in [-0.4, -0.2) is 18.0 Å². The number of furan rings is 1. The molecule has 1 aromatic heterocycles. The van der Waals surface area contributed by atoms with Crippen LogP contribution in [-0.2, 0) is 4.79 Å². The minimum absolute atomic E-state index is 0.0121. The van der Waals surface area contributed by atoms with E-state index < -0.39 is 0 Å². The second kappa shape index (κ2) is 7.39. The van der Waals surface area contributed by atoms with Gasteiger partial charge in [0.2, 0.25) is 5.91 Å². The van der Waals surface area contributed by atoms with Crippen molar-refractivity contribution in [2.45, 2.75) is 64.6 Å². The average Bonchev–Trinajstić information content (AvgIpc) is 3.01. The summed E-state index contributed by atoms with van der Waals surface area (Å²) in [5, 5.41) is 7.67. The van der Waals surface area contributed by atoms with Crippen molar-refractivity contribution in [3.63, 3.8) is 0 Å². The smallest absolute Gasteiger partial charge is 0.237 e. The van der Waals surface area contributed by atoms with Crippen molar-refractivity contribution < 1.29 is 9.21 Å². The zero-order valence-corrected chi connectivity index (χ0v) is 14.8. The van der Waals surface area contributed by atoms with Crippen LogP contribution in [0.4, 0.5) is 0 Å². The monoisotopic (exact) mass is 328 g/mol. The third-order valence-electron chi connectivity index (χ3n) is 5.20. The molecule has 2 aromatic rings. The van der Waals surface area contributed by atoms with E-state index in [4.69, 9.17) is 4.42 Å². The van der Waals surface area contributed by atoms with Gasteiger partial charge in [0.05, 0.1) is 12.1 Å². The lowest BCUT2D eigenvalue weighted by Gasteiger charge is -2.31. The molecule has 4 nitrogen and oxygen atoms in total. The molecular formula is C20H28N2O2. The third kappa shape index (κ3) is 3.81. The van der Waals surface area contributed by atoms with Gasteiger partial charge in [0.25, 0.3) is 0 Å². The summed E-state index contributed by atoms with van der Waals surface area (Å²) in [5.41, 5.74) is 0.884. The summed E-state index contributed by atoms with van der Waals surface area (Å²) < 4.78 is 5.88. The fourth-order valence-corrected chi connectivity index (χ4v) is 3.59. The normalized spacial score (nSPS) is 23.8. The minimum atomic E-state index is -0.248. The topological polar surface area (TPSA) is 54.3 Å². The van der Waals surface area contributed by atoms with E-state index in [1.807, 2.05) is 44.2 Å². The van der Waals surface area contributed by atoms with Crippen molar-refractivity contribution in [1.82, 2.24) is 10.6 Å². The quantitative estimate of drug-likeness (QED) is 0.866. The van der Waals surface area contributed by atoms with E-state index in [2.05, 4.69) is 17.6 Å². The number of para-hydroxylation sites is 1. The van der Waals surface area contributed by atoms with Crippen LogP contribution in [0.5, 0.6) is 0 Å². The van der Waals surface area contributed by atoms with Crippen molar-refractivity contribution in [3.8, 4) is 0 Å². The number of hydrogen-bond donors (Lipinski definition) is 2. The molecule has 0 radical (unpaired) electrons. The van der Waals surface area contributed by atoms with E-state index in [1.54, 1.807) is 0 Å². The van der Waals surface area contributed by atoms with Gasteiger partial charge < -0.3 is 9.73 Å². The molecule has 4 heteroatoms. The Bertz CT molecular complexity index is 661. The molecule has 0 spiro atoms. The minimum Gasteiger partial charge on any atom is -0.459 e. The van der Waals surface area contributed by atoms with Crippen LogP contribution in [0.2, 0.25) is 0 Å². The number of amides is 1. The first-order valence-corrected chi connectivity index (χ1v) is 9.09. The molecule has 1 saturated carbocycles. The molecule has 3 rings (SSSR count). The maximum atomic E-state index is 12.5. The van der Waals surface area contributed by atoms with Crippen LogP contribution in [0, 0.1) is 5.92 Å². The Balaban J connectivity index is 1.58. The number of carbonyl (C=O) groups is 1. The highest BCUT2D eigenvalue weighted by Crippen LogP contribution is 2.25. The summed E-state index contributed by atoms with van der Waals surface area (Å²) in [5.74, 6) is 1.52.